The van der Waals surface area contributed by atoms with Gasteiger partial charge in [-0.2, -0.15) is 9.28 Å². The molecule has 1 amide bonds. The Hall–Kier alpha value is -0.890. The number of carbonyl (C=O) groups is 2. The van der Waals surface area contributed by atoms with Crippen molar-refractivity contribution in [3.63, 3.8) is 0 Å². The van der Waals surface area contributed by atoms with E-state index in [0.717, 1.165) is 0 Å². The summed E-state index contributed by atoms with van der Waals surface area (Å²) in [5.41, 5.74) is -0.896. The predicted octanol–water partition coefficient (Wildman–Crippen LogP) is 2.54. The summed E-state index contributed by atoms with van der Waals surface area (Å²) >= 11 is 1.92. The van der Waals surface area contributed by atoms with Crippen LogP contribution in [0.25, 0.3) is 0 Å². The van der Waals surface area contributed by atoms with Crippen LogP contribution in [-0.4, -0.2) is 32.3 Å². The van der Waals surface area contributed by atoms with Crippen LogP contribution in [0.4, 0.5) is 4.79 Å². The van der Waals surface area contributed by atoms with Crippen molar-refractivity contribution in [2.24, 2.45) is 0 Å². The third kappa shape index (κ3) is 1.75. The fourth-order valence-corrected chi connectivity index (χ4v) is 2.45. The largest absolute Gasteiger partial charge is 0.524 e. The van der Waals surface area contributed by atoms with Gasteiger partial charge in [0.05, 0.1) is 3.58 Å². The number of amides is 1. The van der Waals surface area contributed by atoms with Crippen LogP contribution < -0.4 is 0 Å². The zero-order chi connectivity index (χ0) is 12.7. The number of hydrogen-bond acceptors (Lipinski definition) is 2. The van der Waals surface area contributed by atoms with Crippen molar-refractivity contribution in [3.8, 4) is 0 Å². The Morgan fingerprint density at radius 1 is 1.31 bits per heavy atom. The molecule has 0 spiro atoms. The highest BCUT2D eigenvalue weighted by Crippen LogP contribution is 2.39. The number of hydrogen-bond donors (Lipinski definition) is 2. The second kappa shape index (κ2) is 3.85. The van der Waals surface area contributed by atoms with Gasteiger partial charge in [0.15, 0.2) is 0 Å². The third-order valence-electron chi connectivity index (χ3n) is 2.55. The summed E-state index contributed by atoms with van der Waals surface area (Å²) < 4.78 is -0.0621. The van der Waals surface area contributed by atoms with Crippen LogP contribution in [0.1, 0.15) is 20.8 Å². The van der Waals surface area contributed by atoms with Gasteiger partial charge >= 0.3 is 12.1 Å². The van der Waals surface area contributed by atoms with Crippen molar-refractivity contribution in [2.75, 3.05) is 0 Å². The second-order valence-electron chi connectivity index (χ2n) is 4.52. The first kappa shape index (κ1) is 13.2. The van der Waals surface area contributed by atoms with Gasteiger partial charge in [-0.15, -0.1) is 0 Å². The van der Waals surface area contributed by atoms with Gasteiger partial charge in [-0.1, -0.05) is 0 Å². The molecule has 0 bridgehead atoms. The molecule has 5 nitrogen and oxygen atoms in total. The maximum Gasteiger partial charge on any atom is 0.524 e. The Balaban J connectivity index is 3.50. The Labute approximate surface area is 107 Å². The summed E-state index contributed by atoms with van der Waals surface area (Å²) in [6.45, 7) is 5.09. The van der Waals surface area contributed by atoms with E-state index in [1.807, 2.05) is 22.6 Å². The quantitative estimate of drug-likeness (QED) is 0.569. The first-order valence-corrected chi connectivity index (χ1v) is 5.67. The molecular weight excluding hydrogens is 325 g/mol. The number of carboxylic acid groups (broad SMARTS) is 2. The van der Waals surface area contributed by atoms with E-state index in [2.05, 4.69) is 0 Å². The summed E-state index contributed by atoms with van der Waals surface area (Å²) in [5.74, 6) is -1.21. The van der Waals surface area contributed by atoms with E-state index in [4.69, 9.17) is 5.11 Å². The SMILES string of the molecule is CC(C)(C)[N+]1(C(=O)O)C=C(I)C=C1C(=O)O. The van der Waals surface area contributed by atoms with E-state index < -0.39 is 22.1 Å². The summed E-state index contributed by atoms with van der Waals surface area (Å²) in [6.07, 6.45) is 1.65. The minimum absolute atomic E-state index is 0.135. The molecule has 1 aliphatic rings. The van der Waals surface area contributed by atoms with E-state index in [-0.39, 0.29) is 5.70 Å². The number of nitrogens with zero attached hydrogens (tertiary/aromatic N) is 1. The zero-order valence-corrected chi connectivity index (χ0v) is 11.3. The van der Waals surface area contributed by atoms with Gasteiger partial charge in [-0.05, 0) is 43.4 Å². The van der Waals surface area contributed by atoms with Crippen molar-refractivity contribution in [1.82, 2.24) is 0 Å². The van der Waals surface area contributed by atoms with Crippen LogP contribution in [0.2, 0.25) is 0 Å². The van der Waals surface area contributed by atoms with Gasteiger partial charge in [0.1, 0.15) is 11.7 Å². The molecule has 1 unspecified atom stereocenters. The molecule has 1 heterocycles. The van der Waals surface area contributed by atoms with Gasteiger partial charge in [0.2, 0.25) is 5.70 Å². The molecule has 2 N–H and O–H groups in total. The van der Waals surface area contributed by atoms with Crippen molar-refractivity contribution < 1.29 is 24.3 Å². The van der Waals surface area contributed by atoms with Crippen LogP contribution in [0.5, 0.6) is 0 Å². The molecule has 0 aromatic heterocycles. The fraction of sp³-hybridized carbons (Fsp3) is 0.400. The number of allylic oxidation sites excluding steroid dienone is 2. The summed E-state index contributed by atoms with van der Waals surface area (Å²) in [7, 11) is 0. The summed E-state index contributed by atoms with van der Waals surface area (Å²) in [4.78, 5) is 22.6. The maximum atomic E-state index is 11.5. The molecule has 16 heavy (non-hydrogen) atoms. The molecule has 1 rings (SSSR count). The van der Waals surface area contributed by atoms with Crippen molar-refractivity contribution >= 4 is 34.7 Å². The first-order valence-electron chi connectivity index (χ1n) is 4.59. The van der Waals surface area contributed by atoms with Crippen molar-refractivity contribution in [2.45, 2.75) is 26.3 Å². The highest BCUT2D eigenvalue weighted by atomic mass is 127. The van der Waals surface area contributed by atoms with E-state index >= 15 is 0 Å². The van der Waals surface area contributed by atoms with Gasteiger partial charge in [0, 0.05) is 6.08 Å². The highest BCUT2D eigenvalue weighted by Gasteiger charge is 2.55. The number of halogens is 1. The summed E-state index contributed by atoms with van der Waals surface area (Å²) in [6, 6.07) is 0. The van der Waals surface area contributed by atoms with Gasteiger partial charge in [0.25, 0.3) is 0 Å². The van der Waals surface area contributed by atoms with E-state index in [1.54, 1.807) is 20.8 Å². The predicted molar refractivity (Wildman–Crippen MR) is 65.9 cm³/mol. The van der Waals surface area contributed by atoms with Gasteiger partial charge in [-0.25, -0.2) is 4.79 Å². The topological polar surface area (TPSA) is 74.6 Å². The van der Waals surface area contributed by atoms with Crippen molar-refractivity contribution in [3.05, 3.63) is 21.6 Å². The lowest BCUT2D eigenvalue weighted by atomic mass is 10.0. The minimum Gasteiger partial charge on any atom is -0.474 e. The number of rotatable bonds is 1. The number of aliphatic carboxylic acids is 1. The molecule has 0 radical (unpaired) electrons. The fourth-order valence-electron chi connectivity index (χ4n) is 1.74. The van der Waals surface area contributed by atoms with E-state index in [1.165, 1.54) is 12.3 Å². The van der Waals surface area contributed by atoms with E-state index in [0.29, 0.717) is 3.58 Å². The molecule has 0 aromatic carbocycles. The standard InChI is InChI=1S/C10H12INO4/c1-10(2,3)12(9(15)16)5-6(11)4-7(12)8(13)14/h4-5H,1-3H3,(H-,13,14,15,16)/p+1. The highest BCUT2D eigenvalue weighted by molar-refractivity contribution is 14.1. The number of carboxylic acids is 1. The molecular formula is C10H13INO4+. The van der Waals surface area contributed by atoms with Crippen molar-refractivity contribution in [1.29, 1.82) is 0 Å². The Morgan fingerprint density at radius 3 is 2.06 bits per heavy atom. The molecule has 0 aliphatic carbocycles. The number of quaternary nitrogens is 1. The molecule has 0 aromatic rings. The Morgan fingerprint density at radius 2 is 1.81 bits per heavy atom. The Kier molecular flexibility index (Phi) is 3.17. The molecule has 6 heteroatoms. The molecule has 1 atom stereocenters. The minimum atomic E-state index is -1.21. The molecule has 88 valence electrons. The summed E-state index contributed by atoms with van der Waals surface area (Å²) in [5, 5.41) is 18.5. The lowest BCUT2D eigenvalue weighted by Gasteiger charge is -2.37. The van der Waals surface area contributed by atoms with Crippen LogP contribution in [0.3, 0.4) is 0 Å². The average Bonchev–Trinajstić information content (AvgIpc) is 2.42. The van der Waals surface area contributed by atoms with Gasteiger partial charge in [-0.3, -0.25) is 0 Å². The zero-order valence-electron chi connectivity index (χ0n) is 9.19. The first-order chi connectivity index (χ1) is 7.13. The average molecular weight is 338 g/mol. The molecule has 0 saturated heterocycles. The van der Waals surface area contributed by atoms with Crippen LogP contribution >= 0.6 is 22.6 Å². The maximum absolute atomic E-state index is 11.5. The molecule has 0 fully saturated rings. The lowest BCUT2D eigenvalue weighted by Crippen LogP contribution is -2.59. The van der Waals surface area contributed by atoms with E-state index in [9.17, 15) is 14.7 Å². The molecule has 1 aliphatic heterocycles. The second-order valence-corrected chi connectivity index (χ2v) is 5.77. The third-order valence-corrected chi connectivity index (χ3v) is 3.14. The normalized spacial score (nSPS) is 25.0. The van der Waals surface area contributed by atoms with Crippen LogP contribution in [0, 0.1) is 0 Å². The van der Waals surface area contributed by atoms with Gasteiger partial charge < -0.3 is 10.2 Å². The lowest BCUT2D eigenvalue weighted by molar-refractivity contribution is -0.812. The smallest absolute Gasteiger partial charge is 0.474 e. The van der Waals surface area contributed by atoms with Crippen LogP contribution in [-0.2, 0) is 4.79 Å². The monoisotopic (exact) mass is 338 g/mol. The Bertz CT molecular complexity index is 419. The molecule has 0 saturated carbocycles. The van der Waals surface area contributed by atoms with Crippen LogP contribution in [0.15, 0.2) is 21.6 Å².